The van der Waals surface area contributed by atoms with Crippen molar-refractivity contribution < 1.29 is 0 Å². The van der Waals surface area contributed by atoms with Gasteiger partial charge in [-0.3, -0.25) is 0 Å². The highest BCUT2D eigenvalue weighted by Gasteiger charge is 2.07. The first kappa shape index (κ1) is 10.1. The van der Waals surface area contributed by atoms with Crippen molar-refractivity contribution in [1.82, 2.24) is 14.3 Å². The van der Waals surface area contributed by atoms with Crippen LogP contribution in [0.2, 0.25) is 0 Å². The number of aromatic nitrogens is 3. The van der Waals surface area contributed by atoms with Crippen molar-refractivity contribution in [3.63, 3.8) is 0 Å². The van der Waals surface area contributed by atoms with E-state index in [0.717, 1.165) is 15.1 Å². The van der Waals surface area contributed by atoms with Crippen LogP contribution in [-0.4, -0.2) is 14.3 Å². The minimum Gasteiger partial charge on any atom is -0.244 e. The molecule has 2 heterocycles. The molecule has 0 aliphatic rings. The van der Waals surface area contributed by atoms with Gasteiger partial charge in [0.05, 0.1) is 4.90 Å². The van der Waals surface area contributed by atoms with E-state index < -0.39 is 0 Å². The Labute approximate surface area is 95.2 Å². The van der Waals surface area contributed by atoms with E-state index in [0.29, 0.717) is 5.69 Å². The maximum Gasteiger partial charge on any atom is 0.174 e. The highest BCUT2D eigenvalue weighted by atomic mass is 32.2. The minimum atomic E-state index is 0.426. The largest absolute Gasteiger partial charge is 0.244 e. The van der Waals surface area contributed by atoms with Gasteiger partial charge in [-0.25, -0.2) is 9.97 Å². The van der Waals surface area contributed by atoms with Crippen molar-refractivity contribution in [2.24, 2.45) is 0 Å². The van der Waals surface area contributed by atoms with Crippen molar-refractivity contribution in [2.75, 3.05) is 0 Å². The number of hydrogen-bond donors (Lipinski definition) is 0. The second-order valence-corrected chi connectivity index (χ2v) is 4.71. The fourth-order valence-electron chi connectivity index (χ4n) is 0.970. The van der Waals surface area contributed by atoms with Crippen LogP contribution in [0, 0.1) is 18.3 Å². The lowest BCUT2D eigenvalue weighted by molar-refractivity contribution is 1.10. The normalized spacial score (nSPS) is 9.87. The van der Waals surface area contributed by atoms with E-state index in [-0.39, 0.29) is 0 Å². The van der Waals surface area contributed by atoms with Crippen LogP contribution in [0.4, 0.5) is 0 Å². The molecule has 6 heteroatoms. The van der Waals surface area contributed by atoms with Crippen LogP contribution in [-0.2, 0) is 0 Å². The van der Waals surface area contributed by atoms with Crippen molar-refractivity contribution in [3.8, 4) is 6.07 Å². The third-order valence-corrected chi connectivity index (χ3v) is 3.47. The van der Waals surface area contributed by atoms with E-state index in [1.165, 1.54) is 23.3 Å². The second kappa shape index (κ2) is 4.38. The van der Waals surface area contributed by atoms with Crippen LogP contribution >= 0.6 is 23.3 Å². The van der Waals surface area contributed by atoms with Crippen molar-refractivity contribution in [1.29, 1.82) is 5.26 Å². The van der Waals surface area contributed by atoms with Gasteiger partial charge in [-0.05, 0) is 30.6 Å². The Balaban J connectivity index is 2.28. The van der Waals surface area contributed by atoms with Gasteiger partial charge in [0.15, 0.2) is 10.0 Å². The molecule has 0 unspecified atom stereocenters. The summed E-state index contributed by atoms with van der Waals surface area (Å²) in [5, 5.41) is 8.84. The summed E-state index contributed by atoms with van der Waals surface area (Å²) in [7, 11) is 0. The Morgan fingerprint density at radius 2 is 2.40 bits per heavy atom. The average Bonchev–Trinajstić information content (AvgIpc) is 2.65. The molecule has 0 aromatic carbocycles. The van der Waals surface area contributed by atoms with E-state index in [4.69, 9.17) is 5.26 Å². The molecule has 0 aliphatic heterocycles. The zero-order chi connectivity index (χ0) is 10.7. The molecular weight excluding hydrogens is 228 g/mol. The van der Waals surface area contributed by atoms with Gasteiger partial charge in [-0.1, -0.05) is 11.8 Å². The molecule has 2 rings (SSSR count). The second-order valence-electron chi connectivity index (χ2n) is 2.67. The molecule has 0 saturated carbocycles. The molecule has 0 radical (unpaired) electrons. The SMILES string of the molecule is Cc1nsc(Sc2cccnc2C#N)n1. The molecular formula is C9H6N4S2. The Bertz CT molecular complexity index is 515. The summed E-state index contributed by atoms with van der Waals surface area (Å²) in [6.07, 6.45) is 1.61. The predicted octanol–water partition coefficient (Wildman–Crippen LogP) is 2.26. The highest BCUT2D eigenvalue weighted by molar-refractivity contribution is 8.01. The molecule has 0 aliphatic carbocycles. The minimum absolute atomic E-state index is 0.426. The molecule has 0 atom stereocenters. The lowest BCUT2D eigenvalue weighted by atomic mass is 10.4. The summed E-state index contributed by atoms with van der Waals surface area (Å²) in [5.41, 5.74) is 0.426. The number of nitrogens with zero attached hydrogens (tertiary/aromatic N) is 4. The topological polar surface area (TPSA) is 62.5 Å². The monoisotopic (exact) mass is 234 g/mol. The van der Waals surface area contributed by atoms with Gasteiger partial charge in [-0.15, -0.1) is 0 Å². The first-order valence-electron chi connectivity index (χ1n) is 4.13. The van der Waals surface area contributed by atoms with Gasteiger partial charge in [0.2, 0.25) is 0 Å². The molecule has 0 spiro atoms. The van der Waals surface area contributed by atoms with E-state index in [1.807, 2.05) is 19.1 Å². The van der Waals surface area contributed by atoms with Crippen LogP contribution in [0.15, 0.2) is 27.6 Å². The number of nitriles is 1. The van der Waals surface area contributed by atoms with Crippen molar-refractivity contribution >= 4 is 23.3 Å². The highest BCUT2D eigenvalue weighted by Crippen LogP contribution is 2.30. The third kappa shape index (κ3) is 2.32. The molecule has 2 aromatic heterocycles. The fraction of sp³-hybridized carbons (Fsp3) is 0.111. The smallest absolute Gasteiger partial charge is 0.174 e. The fourth-order valence-corrected chi connectivity index (χ4v) is 2.63. The molecule has 74 valence electrons. The molecule has 0 saturated heterocycles. The molecule has 0 amide bonds. The van der Waals surface area contributed by atoms with Gasteiger partial charge >= 0.3 is 0 Å². The zero-order valence-corrected chi connectivity index (χ0v) is 9.47. The summed E-state index contributed by atoms with van der Waals surface area (Å²) >= 11 is 2.75. The molecule has 4 nitrogen and oxygen atoms in total. The van der Waals surface area contributed by atoms with Crippen LogP contribution in [0.3, 0.4) is 0 Å². The first-order valence-corrected chi connectivity index (χ1v) is 5.72. The van der Waals surface area contributed by atoms with E-state index in [1.54, 1.807) is 12.3 Å². The molecule has 2 aromatic rings. The Kier molecular flexibility index (Phi) is 2.94. The van der Waals surface area contributed by atoms with Gasteiger partial charge < -0.3 is 0 Å². The third-order valence-electron chi connectivity index (χ3n) is 1.58. The van der Waals surface area contributed by atoms with Gasteiger partial charge in [-0.2, -0.15) is 9.64 Å². The Morgan fingerprint density at radius 3 is 3.07 bits per heavy atom. The number of hydrogen-bond acceptors (Lipinski definition) is 6. The predicted molar refractivity (Wildman–Crippen MR) is 57.7 cm³/mol. The summed E-state index contributed by atoms with van der Waals surface area (Å²) in [5.74, 6) is 0.755. The first-order chi connectivity index (χ1) is 7.29. The number of pyridine rings is 1. The number of rotatable bonds is 2. The lowest BCUT2D eigenvalue weighted by Gasteiger charge is -1.97. The summed E-state index contributed by atoms with van der Waals surface area (Å²) in [6.45, 7) is 1.84. The molecule has 0 bridgehead atoms. The van der Waals surface area contributed by atoms with Crippen LogP contribution < -0.4 is 0 Å². The summed E-state index contributed by atoms with van der Waals surface area (Å²) < 4.78 is 4.91. The molecule has 0 N–H and O–H groups in total. The maximum atomic E-state index is 8.84. The number of aryl methyl sites for hydroxylation is 1. The molecule has 15 heavy (non-hydrogen) atoms. The van der Waals surface area contributed by atoms with Gasteiger partial charge in [0.25, 0.3) is 0 Å². The van der Waals surface area contributed by atoms with E-state index in [9.17, 15) is 0 Å². The van der Waals surface area contributed by atoms with Crippen LogP contribution in [0.25, 0.3) is 0 Å². The maximum absolute atomic E-state index is 8.84. The molecule has 0 fully saturated rings. The van der Waals surface area contributed by atoms with Crippen LogP contribution in [0.1, 0.15) is 11.5 Å². The Morgan fingerprint density at radius 1 is 1.53 bits per heavy atom. The van der Waals surface area contributed by atoms with E-state index in [2.05, 4.69) is 14.3 Å². The Hall–Kier alpha value is -1.45. The average molecular weight is 234 g/mol. The summed E-state index contributed by atoms with van der Waals surface area (Å²) in [4.78, 5) is 9.01. The zero-order valence-electron chi connectivity index (χ0n) is 7.84. The summed E-state index contributed by atoms with van der Waals surface area (Å²) in [6, 6.07) is 5.70. The lowest BCUT2D eigenvalue weighted by Crippen LogP contribution is -1.84. The quantitative estimate of drug-likeness (QED) is 0.797. The van der Waals surface area contributed by atoms with Gasteiger partial charge in [0, 0.05) is 6.20 Å². The van der Waals surface area contributed by atoms with Gasteiger partial charge in [0.1, 0.15) is 11.9 Å². The standard InChI is InChI=1S/C9H6N4S2/c1-6-12-9(15-13-6)14-8-3-2-4-11-7(8)5-10/h2-4H,1H3. The van der Waals surface area contributed by atoms with Crippen molar-refractivity contribution in [2.45, 2.75) is 16.2 Å². The van der Waals surface area contributed by atoms with E-state index >= 15 is 0 Å². The van der Waals surface area contributed by atoms with Crippen molar-refractivity contribution in [3.05, 3.63) is 29.8 Å². The van der Waals surface area contributed by atoms with Crippen LogP contribution in [0.5, 0.6) is 0 Å².